The van der Waals surface area contributed by atoms with E-state index in [4.69, 9.17) is 4.74 Å². The van der Waals surface area contributed by atoms with E-state index < -0.39 is 0 Å². The lowest BCUT2D eigenvalue weighted by Crippen LogP contribution is -2.45. The van der Waals surface area contributed by atoms with Crippen molar-refractivity contribution in [3.63, 3.8) is 0 Å². The molecule has 0 aromatic carbocycles. The Morgan fingerprint density at radius 3 is 3.00 bits per heavy atom. The molecule has 0 aromatic rings. The van der Waals surface area contributed by atoms with Crippen LogP contribution in [0.25, 0.3) is 0 Å². The van der Waals surface area contributed by atoms with Crippen LogP contribution in [-0.2, 0) is 9.53 Å². The fourth-order valence-corrected chi connectivity index (χ4v) is 1.11. The summed E-state index contributed by atoms with van der Waals surface area (Å²) in [6, 6.07) is 0.391. The Kier molecular flexibility index (Phi) is 2.27. The maximum absolute atomic E-state index is 10.7. The van der Waals surface area contributed by atoms with Crippen LogP contribution in [0.5, 0.6) is 0 Å². The van der Waals surface area contributed by atoms with E-state index in [1.165, 1.54) is 0 Å². The van der Waals surface area contributed by atoms with Gasteiger partial charge in [0.05, 0.1) is 6.54 Å². The van der Waals surface area contributed by atoms with Gasteiger partial charge in [-0.3, -0.25) is 9.69 Å². The Labute approximate surface area is 61.0 Å². The van der Waals surface area contributed by atoms with Gasteiger partial charge in [-0.15, -0.1) is 0 Å². The molecule has 0 aliphatic carbocycles. The quantitative estimate of drug-likeness (QED) is 0.493. The van der Waals surface area contributed by atoms with Crippen molar-refractivity contribution in [1.29, 1.82) is 0 Å². The number of nitrogens with zero attached hydrogens (tertiary/aromatic N) is 1. The van der Waals surface area contributed by atoms with Gasteiger partial charge in [0.25, 0.3) is 0 Å². The van der Waals surface area contributed by atoms with Crippen molar-refractivity contribution in [2.24, 2.45) is 0 Å². The average Bonchev–Trinajstić information content (AvgIpc) is 1.94. The third-order valence-electron chi connectivity index (χ3n) is 1.85. The molecule has 3 heteroatoms. The normalized spacial score (nSPS) is 28.2. The molecule has 1 rings (SSSR count). The molecule has 0 radical (unpaired) electrons. The van der Waals surface area contributed by atoms with Crippen LogP contribution < -0.4 is 0 Å². The highest BCUT2D eigenvalue weighted by Crippen LogP contribution is 2.05. The lowest BCUT2D eigenvalue weighted by molar-refractivity contribution is -0.153. The molecule has 0 N–H and O–H groups in total. The smallest absolute Gasteiger partial charge is 0.320 e. The maximum atomic E-state index is 10.7. The Bertz CT molecular complexity index is 136. The largest absolute Gasteiger partial charge is 0.463 e. The van der Waals surface area contributed by atoms with Crippen LogP contribution in [0.1, 0.15) is 13.8 Å². The number of morpholine rings is 1. The molecule has 1 atom stereocenters. The zero-order valence-corrected chi connectivity index (χ0v) is 6.46. The third-order valence-corrected chi connectivity index (χ3v) is 1.85. The molecule has 58 valence electrons. The van der Waals surface area contributed by atoms with Gasteiger partial charge in [0, 0.05) is 6.04 Å². The van der Waals surface area contributed by atoms with Crippen molar-refractivity contribution in [3.8, 4) is 0 Å². The van der Waals surface area contributed by atoms with Gasteiger partial charge < -0.3 is 4.74 Å². The molecule has 1 saturated heterocycles. The number of likely N-dealkylation sites (N-methyl/N-ethyl adjacent to an activating group) is 1. The van der Waals surface area contributed by atoms with Crippen molar-refractivity contribution in [3.05, 3.63) is 0 Å². The molecule has 1 aliphatic heterocycles. The Morgan fingerprint density at radius 2 is 2.50 bits per heavy atom. The molecule has 0 bridgehead atoms. The van der Waals surface area contributed by atoms with Crippen molar-refractivity contribution in [2.45, 2.75) is 19.9 Å². The summed E-state index contributed by atoms with van der Waals surface area (Å²) in [5, 5.41) is 0. The number of cyclic esters (lactones) is 1. The predicted molar refractivity (Wildman–Crippen MR) is 37.7 cm³/mol. The van der Waals surface area contributed by atoms with Crippen LogP contribution in [0.3, 0.4) is 0 Å². The number of carbonyl (C=O) groups excluding carboxylic acids is 1. The minimum atomic E-state index is -0.0973. The number of hydrogen-bond donors (Lipinski definition) is 0. The monoisotopic (exact) mass is 143 g/mol. The molecule has 1 heterocycles. The van der Waals surface area contributed by atoms with Gasteiger partial charge in [-0.05, 0) is 13.5 Å². The van der Waals surface area contributed by atoms with Crippen LogP contribution >= 0.6 is 0 Å². The number of carbonyl (C=O) groups is 1. The Morgan fingerprint density at radius 1 is 1.80 bits per heavy atom. The molecular weight excluding hydrogens is 130 g/mol. The topological polar surface area (TPSA) is 29.5 Å². The Balaban J connectivity index is 2.45. The second-order valence-electron chi connectivity index (χ2n) is 2.60. The summed E-state index contributed by atoms with van der Waals surface area (Å²) < 4.78 is 4.84. The first kappa shape index (κ1) is 7.54. The second-order valence-corrected chi connectivity index (χ2v) is 2.60. The lowest BCUT2D eigenvalue weighted by Gasteiger charge is -2.30. The van der Waals surface area contributed by atoms with E-state index in [0.29, 0.717) is 19.2 Å². The molecule has 0 spiro atoms. The predicted octanol–water partition coefficient (Wildman–Crippen LogP) is 0.254. The zero-order chi connectivity index (χ0) is 7.56. The van der Waals surface area contributed by atoms with Gasteiger partial charge in [-0.25, -0.2) is 0 Å². The first-order valence-electron chi connectivity index (χ1n) is 3.63. The number of ether oxygens (including phenoxy) is 1. The summed E-state index contributed by atoms with van der Waals surface area (Å²) in [7, 11) is 0. The second kappa shape index (κ2) is 3.01. The van der Waals surface area contributed by atoms with Crippen LogP contribution in [0.2, 0.25) is 0 Å². The van der Waals surface area contributed by atoms with Crippen LogP contribution in [-0.4, -0.2) is 36.6 Å². The third kappa shape index (κ3) is 1.48. The minimum absolute atomic E-state index is 0.0973. The molecule has 0 amide bonds. The van der Waals surface area contributed by atoms with Crippen LogP contribution in [0.15, 0.2) is 0 Å². The molecule has 3 nitrogen and oxygen atoms in total. The fourth-order valence-electron chi connectivity index (χ4n) is 1.11. The summed E-state index contributed by atoms with van der Waals surface area (Å²) in [4.78, 5) is 12.8. The van der Waals surface area contributed by atoms with Crippen LogP contribution in [0.4, 0.5) is 0 Å². The van der Waals surface area contributed by atoms with E-state index in [1.54, 1.807) is 0 Å². The molecule has 0 saturated carbocycles. The summed E-state index contributed by atoms with van der Waals surface area (Å²) >= 11 is 0. The summed E-state index contributed by atoms with van der Waals surface area (Å²) in [5.74, 6) is -0.0973. The van der Waals surface area contributed by atoms with E-state index in [-0.39, 0.29) is 5.97 Å². The molecule has 1 aliphatic rings. The lowest BCUT2D eigenvalue weighted by atomic mass is 10.2. The standard InChI is InChI=1S/C7H13NO2/c1-3-8-4-7(9)10-5-6(8)2/h6H,3-5H2,1-2H3. The van der Waals surface area contributed by atoms with Gasteiger partial charge in [-0.2, -0.15) is 0 Å². The zero-order valence-electron chi connectivity index (χ0n) is 6.46. The van der Waals surface area contributed by atoms with Gasteiger partial charge in [0.1, 0.15) is 6.61 Å². The molecule has 1 fully saturated rings. The van der Waals surface area contributed by atoms with Crippen LogP contribution in [0, 0.1) is 0 Å². The highest BCUT2D eigenvalue weighted by Gasteiger charge is 2.22. The highest BCUT2D eigenvalue weighted by atomic mass is 16.5. The van der Waals surface area contributed by atoms with Crippen molar-refractivity contribution < 1.29 is 9.53 Å². The van der Waals surface area contributed by atoms with Gasteiger partial charge in [-0.1, -0.05) is 6.92 Å². The number of esters is 1. The molecular formula is C7H13NO2. The highest BCUT2D eigenvalue weighted by molar-refractivity contribution is 5.72. The first-order valence-corrected chi connectivity index (χ1v) is 3.63. The summed E-state index contributed by atoms with van der Waals surface area (Å²) in [5.41, 5.74) is 0. The van der Waals surface area contributed by atoms with Gasteiger partial charge >= 0.3 is 5.97 Å². The van der Waals surface area contributed by atoms with Gasteiger partial charge in [0.15, 0.2) is 0 Å². The SMILES string of the molecule is CCN1CC(=O)OCC1C. The van der Waals surface area contributed by atoms with Crippen molar-refractivity contribution >= 4 is 5.97 Å². The summed E-state index contributed by atoms with van der Waals surface area (Å²) in [6.07, 6.45) is 0. The first-order chi connectivity index (χ1) is 4.74. The van der Waals surface area contributed by atoms with E-state index >= 15 is 0 Å². The molecule has 10 heavy (non-hydrogen) atoms. The van der Waals surface area contributed by atoms with Gasteiger partial charge in [0.2, 0.25) is 0 Å². The van der Waals surface area contributed by atoms with E-state index in [2.05, 4.69) is 18.7 Å². The maximum Gasteiger partial charge on any atom is 0.320 e. The number of rotatable bonds is 1. The minimum Gasteiger partial charge on any atom is -0.463 e. The molecule has 1 unspecified atom stereocenters. The fraction of sp³-hybridized carbons (Fsp3) is 0.857. The number of hydrogen-bond acceptors (Lipinski definition) is 3. The van der Waals surface area contributed by atoms with Crippen molar-refractivity contribution in [1.82, 2.24) is 4.90 Å². The average molecular weight is 143 g/mol. The van der Waals surface area contributed by atoms with E-state index in [9.17, 15) is 4.79 Å². The Hall–Kier alpha value is -0.570. The molecule has 0 aromatic heterocycles. The van der Waals surface area contributed by atoms with E-state index in [1.807, 2.05) is 0 Å². The van der Waals surface area contributed by atoms with E-state index in [0.717, 1.165) is 6.54 Å². The van der Waals surface area contributed by atoms with Crippen molar-refractivity contribution in [2.75, 3.05) is 19.7 Å². The summed E-state index contributed by atoms with van der Waals surface area (Å²) in [6.45, 7) is 6.05.